The number of nitrogens with zero attached hydrogens (tertiary/aromatic N) is 1. The van der Waals surface area contributed by atoms with E-state index < -0.39 is 11.6 Å². The molecule has 1 aliphatic rings. The monoisotopic (exact) mass is 346 g/mol. The van der Waals surface area contributed by atoms with Crippen molar-refractivity contribution in [2.75, 3.05) is 26.7 Å². The number of rotatable bonds is 4. The van der Waals surface area contributed by atoms with E-state index >= 15 is 0 Å². The lowest BCUT2D eigenvalue weighted by Crippen LogP contribution is -2.49. The smallest absolute Gasteiger partial charge is 0.227 e. The standard InChI is InChI=1S/C19H20F2N2O2/c1-25-18-8-3-2-5-13(18)17-12-22-9-10-23(17)19(24)11-14-15(20)6-4-7-16(14)21/h2-8,17,22H,9-12H2,1H3. The van der Waals surface area contributed by atoms with Crippen LogP contribution in [0.2, 0.25) is 0 Å². The molecule has 3 rings (SSSR count). The van der Waals surface area contributed by atoms with E-state index in [0.29, 0.717) is 25.4 Å². The van der Waals surface area contributed by atoms with Gasteiger partial charge in [0.2, 0.25) is 5.91 Å². The molecular formula is C19H20F2N2O2. The van der Waals surface area contributed by atoms with Crippen molar-refractivity contribution in [3.05, 3.63) is 65.2 Å². The average molecular weight is 346 g/mol. The summed E-state index contributed by atoms with van der Waals surface area (Å²) >= 11 is 0. The summed E-state index contributed by atoms with van der Waals surface area (Å²) in [6, 6.07) is 10.9. The van der Waals surface area contributed by atoms with Crippen molar-refractivity contribution in [3.8, 4) is 5.75 Å². The molecule has 0 aromatic heterocycles. The lowest BCUT2D eigenvalue weighted by Gasteiger charge is -2.37. The maximum Gasteiger partial charge on any atom is 0.227 e. The number of halogens is 2. The molecule has 2 aromatic rings. The molecule has 0 radical (unpaired) electrons. The highest BCUT2D eigenvalue weighted by molar-refractivity contribution is 5.79. The second-order valence-corrected chi connectivity index (χ2v) is 5.93. The van der Waals surface area contributed by atoms with Crippen molar-refractivity contribution < 1.29 is 18.3 Å². The van der Waals surface area contributed by atoms with Gasteiger partial charge in [-0.05, 0) is 18.2 Å². The summed E-state index contributed by atoms with van der Waals surface area (Å²) < 4.78 is 33.1. The predicted octanol–water partition coefficient (Wildman–Crippen LogP) is 2.69. The summed E-state index contributed by atoms with van der Waals surface area (Å²) in [5.74, 6) is -1.01. The number of hydrogen-bond donors (Lipinski definition) is 1. The predicted molar refractivity (Wildman–Crippen MR) is 90.4 cm³/mol. The second-order valence-electron chi connectivity index (χ2n) is 5.93. The maximum absolute atomic E-state index is 13.9. The van der Waals surface area contributed by atoms with Gasteiger partial charge in [0, 0.05) is 30.8 Å². The lowest BCUT2D eigenvalue weighted by molar-refractivity contribution is -0.133. The Morgan fingerprint density at radius 2 is 1.92 bits per heavy atom. The second kappa shape index (κ2) is 7.61. The number of amides is 1. The molecule has 0 saturated carbocycles. The van der Waals surface area contributed by atoms with Crippen LogP contribution in [-0.4, -0.2) is 37.6 Å². The minimum absolute atomic E-state index is 0.190. The number of nitrogens with one attached hydrogen (secondary N) is 1. The highest BCUT2D eigenvalue weighted by Gasteiger charge is 2.30. The summed E-state index contributed by atoms with van der Waals surface area (Å²) in [6.45, 7) is 1.67. The number of hydrogen-bond acceptors (Lipinski definition) is 3. The molecule has 132 valence electrons. The van der Waals surface area contributed by atoms with Gasteiger partial charge in [-0.15, -0.1) is 0 Å². The Kier molecular flexibility index (Phi) is 5.28. The van der Waals surface area contributed by atoms with Crippen LogP contribution in [0.4, 0.5) is 8.78 Å². The summed E-state index contributed by atoms with van der Waals surface area (Å²) in [6.07, 6.45) is -0.301. The SMILES string of the molecule is COc1ccccc1C1CNCCN1C(=O)Cc1c(F)cccc1F. The van der Waals surface area contributed by atoms with Crippen molar-refractivity contribution in [2.24, 2.45) is 0 Å². The van der Waals surface area contributed by atoms with Gasteiger partial charge in [-0.2, -0.15) is 0 Å². The third-order valence-corrected chi connectivity index (χ3v) is 4.45. The summed E-state index contributed by atoms with van der Waals surface area (Å²) in [5.41, 5.74) is 0.685. The summed E-state index contributed by atoms with van der Waals surface area (Å²) in [5, 5.41) is 3.26. The zero-order valence-corrected chi connectivity index (χ0v) is 14.0. The van der Waals surface area contributed by atoms with Gasteiger partial charge in [0.25, 0.3) is 0 Å². The van der Waals surface area contributed by atoms with Crippen LogP contribution >= 0.6 is 0 Å². The van der Waals surface area contributed by atoms with Crippen LogP contribution in [0.5, 0.6) is 5.75 Å². The number of piperazine rings is 1. The number of carbonyl (C=O) groups excluding carboxylic acids is 1. The van der Waals surface area contributed by atoms with Crippen LogP contribution in [0.1, 0.15) is 17.2 Å². The lowest BCUT2D eigenvalue weighted by atomic mass is 10.0. The molecule has 0 bridgehead atoms. The largest absolute Gasteiger partial charge is 0.496 e. The fraction of sp³-hybridized carbons (Fsp3) is 0.316. The Bertz CT molecular complexity index is 747. The molecule has 25 heavy (non-hydrogen) atoms. The van der Waals surface area contributed by atoms with Gasteiger partial charge in [-0.25, -0.2) is 8.78 Å². The van der Waals surface area contributed by atoms with Gasteiger partial charge < -0.3 is 15.0 Å². The van der Waals surface area contributed by atoms with E-state index in [-0.39, 0.29) is 23.9 Å². The highest BCUT2D eigenvalue weighted by atomic mass is 19.1. The molecule has 6 heteroatoms. The van der Waals surface area contributed by atoms with Crippen LogP contribution in [0.15, 0.2) is 42.5 Å². The van der Waals surface area contributed by atoms with Crippen LogP contribution in [-0.2, 0) is 11.2 Å². The molecule has 1 N–H and O–H groups in total. The maximum atomic E-state index is 13.9. The van der Waals surface area contributed by atoms with Crippen molar-refractivity contribution in [1.82, 2.24) is 10.2 Å². The zero-order chi connectivity index (χ0) is 17.8. The van der Waals surface area contributed by atoms with Gasteiger partial charge in [-0.1, -0.05) is 24.3 Å². The third kappa shape index (κ3) is 3.64. The van der Waals surface area contributed by atoms with Gasteiger partial charge >= 0.3 is 0 Å². The molecule has 0 spiro atoms. The Morgan fingerprint density at radius 3 is 2.64 bits per heavy atom. The van der Waals surface area contributed by atoms with E-state index in [9.17, 15) is 13.6 Å². The van der Waals surface area contributed by atoms with Gasteiger partial charge in [0.1, 0.15) is 17.4 Å². The van der Waals surface area contributed by atoms with Crippen molar-refractivity contribution in [3.63, 3.8) is 0 Å². The summed E-state index contributed by atoms with van der Waals surface area (Å²) in [4.78, 5) is 14.4. The number of para-hydroxylation sites is 1. The number of methoxy groups -OCH3 is 1. The molecule has 1 saturated heterocycles. The number of carbonyl (C=O) groups is 1. The fourth-order valence-corrected chi connectivity index (χ4v) is 3.18. The van der Waals surface area contributed by atoms with Crippen molar-refractivity contribution in [2.45, 2.75) is 12.5 Å². The molecule has 1 atom stereocenters. The van der Waals surface area contributed by atoms with E-state index in [0.717, 1.165) is 5.56 Å². The molecule has 1 heterocycles. The van der Waals surface area contributed by atoms with E-state index in [2.05, 4.69) is 5.32 Å². The Morgan fingerprint density at radius 1 is 1.20 bits per heavy atom. The van der Waals surface area contributed by atoms with Gasteiger partial charge in [-0.3, -0.25) is 4.79 Å². The van der Waals surface area contributed by atoms with Crippen LogP contribution in [0, 0.1) is 11.6 Å². The fourth-order valence-electron chi connectivity index (χ4n) is 3.18. The van der Waals surface area contributed by atoms with Crippen LogP contribution in [0.25, 0.3) is 0 Å². The first kappa shape index (κ1) is 17.4. The van der Waals surface area contributed by atoms with Crippen molar-refractivity contribution >= 4 is 5.91 Å². The van der Waals surface area contributed by atoms with E-state index in [1.165, 1.54) is 18.2 Å². The molecule has 1 aliphatic heterocycles. The normalized spacial score (nSPS) is 17.4. The third-order valence-electron chi connectivity index (χ3n) is 4.45. The molecular weight excluding hydrogens is 326 g/mol. The van der Waals surface area contributed by atoms with Crippen molar-refractivity contribution in [1.29, 1.82) is 0 Å². The molecule has 1 amide bonds. The zero-order valence-electron chi connectivity index (χ0n) is 14.0. The van der Waals surface area contributed by atoms with Gasteiger partial charge in [0.05, 0.1) is 19.6 Å². The minimum atomic E-state index is -0.697. The van der Waals surface area contributed by atoms with Crippen LogP contribution in [0.3, 0.4) is 0 Å². The van der Waals surface area contributed by atoms with Crippen LogP contribution < -0.4 is 10.1 Å². The number of benzene rings is 2. The average Bonchev–Trinajstić information content (AvgIpc) is 2.64. The van der Waals surface area contributed by atoms with E-state index in [4.69, 9.17) is 4.74 Å². The molecule has 1 fully saturated rings. The Hall–Kier alpha value is -2.47. The Labute approximate surface area is 145 Å². The van der Waals surface area contributed by atoms with E-state index in [1.807, 2.05) is 24.3 Å². The molecule has 4 nitrogen and oxygen atoms in total. The first-order valence-corrected chi connectivity index (χ1v) is 8.17. The van der Waals surface area contributed by atoms with Gasteiger partial charge in [0.15, 0.2) is 0 Å². The molecule has 0 aliphatic carbocycles. The summed E-state index contributed by atoms with van der Waals surface area (Å²) in [7, 11) is 1.58. The molecule has 1 unspecified atom stereocenters. The van der Waals surface area contributed by atoms with E-state index in [1.54, 1.807) is 12.0 Å². The highest BCUT2D eigenvalue weighted by Crippen LogP contribution is 2.30. The quantitative estimate of drug-likeness (QED) is 0.926. The first-order valence-electron chi connectivity index (χ1n) is 8.17. The minimum Gasteiger partial charge on any atom is -0.496 e. The number of ether oxygens (including phenoxy) is 1. The first-order chi connectivity index (χ1) is 12.1. The molecule has 2 aromatic carbocycles. The Balaban J connectivity index is 1.87. The topological polar surface area (TPSA) is 41.6 Å².